The molecule has 0 radical (unpaired) electrons. The van der Waals surface area contributed by atoms with Crippen LogP contribution in [0.15, 0.2) is 24.3 Å². The SMILES string of the molecule is CN(C)CCC1Cc2ccccc2CN1C(=O)O. The van der Waals surface area contributed by atoms with Gasteiger partial charge in [-0.1, -0.05) is 24.3 Å². The molecule has 18 heavy (non-hydrogen) atoms. The molecule has 2 rings (SSSR count). The average molecular weight is 248 g/mol. The Morgan fingerprint density at radius 2 is 2.06 bits per heavy atom. The molecule has 98 valence electrons. The van der Waals surface area contributed by atoms with Gasteiger partial charge in [-0.05, 0) is 44.6 Å². The first-order valence-electron chi connectivity index (χ1n) is 6.29. The van der Waals surface area contributed by atoms with Gasteiger partial charge in [0.1, 0.15) is 0 Å². The van der Waals surface area contributed by atoms with E-state index >= 15 is 0 Å². The van der Waals surface area contributed by atoms with E-state index in [0.717, 1.165) is 24.9 Å². The molecule has 0 saturated heterocycles. The van der Waals surface area contributed by atoms with E-state index in [1.807, 2.05) is 32.3 Å². The molecule has 0 bridgehead atoms. The number of carbonyl (C=O) groups is 1. The topological polar surface area (TPSA) is 43.8 Å². The third-order valence-electron chi connectivity index (χ3n) is 3.51. The standard InChI is InChI=1S/C14H20N2O2/c1-15(2)8-7-13-9-11-5-3-4-6-12(11)10-16(13)14(17)18/h3-6,13H,7-10H2,1-2H3,(H,17,18). The summed E-state index contributed by atoms with van der Waals surface area (Å²) in [7, 11) is 4.03. The summed E-state index contributed by atoms with van der Waals surface area (Å²) in [5.41, 5.74) is 2.43. The van der Waals surface area contributed by atoms with E-state index in [2.05, 4.69) is 11.0 Å². The van der Waals surface area contributed by atoms with Crippen LogP contribution in [-0.2, 0) is 13.0 Å². The van der Waals surface area contributed by atoms with Gasteiger partial charge in [-0.3, -0.25) is 0 Å². The molecular weight excluding hydrogens is 228 g/mol. The molecule has 1 unspecified atom stereocenters. The van der Waals surface area contributed by atoms with Gasteiger partial charge in [0.2, 0.25) is 0 Å². The highest BCUT2D eigenvalue weighted by Gasteiger charge is 2.28. The lowest BCUT2D eigenvalue weighted by molar-refractivity contribution is 0.109. The van der Waals surface area contributed by atoms with E-state index in [1.165, 1.54) is 5.56 Å². The summed E-state index contributed by atoms with van der Waals surface area (Å²) >= 11 is 0. The Hall–Kier alpha value is -1.55. The molecule has 1 aliphatic rings. The van der Waals surface area contributed by atoms with Crippen LogP contribution < -0.4 is 0 Å². The molecule has 0 aliphatic carbocycles. The van der Waals surface area contributed by atoms with Gasteiger partial charge in [0, 0.05) is 12.6 Å². The van der Waals surface area contributed by atoms with Crippen LogP contribution in [0.2, 0.25) is 0 Å². The number of benzene rings is 1. The zero-order chi connectivity index (χ0) is 13.1. The molecule has 1 aliphatic heterocycles. The number of rotatable bonds is 3. The molecule has 1 heterocycles. The number of hydrogen-bond acceptors (Lipinski definition) is 2. The maximum Gasteiger partial charge on any atom is 0.407 e. The van der Waals surface area contributed by atoms with Gasteiger partial charge >= 0.3 is 6.09 Å². The summed E-state index contributed by atoms with van der Waals surface area (Å²) in [6.45, 7) is 1.43. The second-order valence-electron chi connectivity index (χ2n) is 5.13. The molecule has 0 spiro atoms. The van der Waals surface area contributed by atoms with Crippen molar-refractivity contribution in [1.82, 2.24) is 9.80 Å². The van der Waals surface area contributed by atoms with Crippen molar-refractivity contribution in [3.8, 4) is 0 Å². The fourth-order valence-electron chi connectivity index (χ4n) is 2.48. The van der Waals surface area contributed by atoms with Crippen LogP contribution in [0.3, 0.4) is 0 Å². The minimum absolute atomic E-state index is 0.0970. The molecule has 0 fully saturated rings. The fraction of sp³-hybridized carbons (Fsp3) is 0.500. The maximum absolute atomic E-state index is 11.3. The highest BCUT2D eigenvalue weighted by molar-refractivity contribution is 5.66. The van der Waals surface area contributed by atoms with Crippen molar-refractivity contribution in [1.29, 1.82) is 0 Å². The van der Waals surface area contributed by atoms with Gasteiger partial charge in [0.15, 0.2) is 0 Å². The lowest BCUT2D eigenvalue weighted by Crippen LogP contribution is -2.44. The minimum atomic E-state index is -0.812. The number of fused-ring (bicyclic) bond motifs is 1. The van der Waals surface area contributed by atoms with Crippen LogP contribution in [0, 0.1) is 0 Å². The Labute approximate surface area is 108 Å². The molecule has 4 nitrogen and oxygen atoms in total. The lowest BCUT2D eigenvalue weighted by atomic mass is 9.92. The van der Waals surface area contributed by atoms with Crippen molar-refractivity contribution in [2.45, 2.75) is 25.4 Å². The monoisotopic (exact) mass is 248 g/mol. The lowest BCUT2D eigenvalue weighted by Gasteiger charge is -2.35. The zero-order valence-corrected chi connectivity index (χ0v) is 11.0. The molecule has 0 aromatic heterocycles. The third-order valence-corrected chi connectivity index (χ3v) is 3.51. The van der Waals surface area contributed by atoms with Crippen LogP contribution in [0.5, 0.6) is 0 Å². The summed E-state index contributed by atoms with van der Waals surface area (Å²) in [4.78, 5) is 15.0. The smallest absolute Gasteiger partial charge is 0.407 e. The summed E-state index contributed by atoms with van der Waals surface area (Å²) in [6.07, 6.45) is 0.900. The van der Waals surface area contributed by atoms with E-state index in [4.69, 9.17) is 0 Å². The first-order chi connectivity index (χ1) is 8.58. The molecular formula is C14H20N2O2. The van der Waals surface area contributed by atoms with Gasteiger partial charge in [0.25, 0.3) is 0 Å². The van der Waals surface area contributed by atoms with Gasteiger partial charge in [-0.15, -0.1) is 0 Å². The number of hydrogen-bond donors (Lipinski definition) is 1. The van der Waals surface area contributed by atoms with Crippen molar-refractivity contribution in [2.75, 3.05) is 20.6 Å². The van der Waals surface area contributed by atoms with Crippen molar-refractivity contribution < 1.29 is 9.90 Å². The Kier molecular flexibility index (Phi) is 3.87. The van der Waals surface area contributed by atoms with Crippen LogP contribution >= 0.6 is 0 Å². The fourth-order valence-corrected chi connectivity index (χ4v) is 2.48. The van der Waals surface area contributed by atoms with Crippen LogP contribution in [-0.4, -0.2) is 47.7 Å². The Balaban J connectivity index is 2.15. The van der Waals surface area contributed by atoms with Gasteiger partial charge in [-0.25, -0.2) is 4.79 Å². The second kappa shape index (κ2) is 5.40. The molecule has 1 atom stereocenters. The number of carboxylic acid groups (broad SMARTS) is 1. The molecule has 1 N–H and O–H groups in total. The van der Waals surface area contributed by atoms with Crippen molar-refractivity contribution in [2.24, 2.45) is 0 Å². The quantitative estimate of drug-likeness (QED) is 0.890. The largest absolute Gasteiger partial charge is 0.465 e. The maximum atomic E-state index is 11.3. The first kappa shape index (κ1) is 12.9. The van der Waals surface area contributed by atoms with E-state index in [0.29, 0.717) is 6.54 Å². The normalized spacial score (nSPS) is 18.8. The Morgan fingerprint density at radius 1 is 1.39 bits per heavy atom. The van der Waals surface area contributed by atoms with E-state index in [-0.39, 0.29) is 6.04 Å². The molecule has 1 amide bonds. The van der Waals surface area contributed by atoms with Gasteiger partial charge in [-0.2, -0.15) is 0 Å². The van der Waals surface area contributed by atoms with Crippen molar-refractivity contribution >= 4 is 6.09 Å². The number of nitrogens with zero attached hydrogens (tertiary/aromatic N) is 2. The van der Waals surface area contributed by atoms with Crippen LogP contribution in [0.1, 0.15) is 17.5 Å². The minimum Gasteiger partial charge on any atom is -0.465 e. The molecule has 0 saturated carbocycles. The van der Waals surface area contributed by atoms with E-state index < -0.39 is 6.09 Å². The Bertz CT molecular complexity index is 432. The summed E-state index contributed by atoms with van der Waals surface area (Å²) in [6, 6.07) is 8.22. The van der Waals surface area contributed by atoms with Crippen molar-refractivity contribution in [3.63, 3.8) is 0 Å². The van der Waals surface area contributed by atoms with Crippen LogP contribution in [0.25, 0.3) is 0 Å². The zero-order valence-electron chi connectivity index (χ0n) is 11.0. The van der Waals surface area contributed by atoms with Gasteiger partial charge in [0.05, 0.1) is 0 Å². The van der Waals surface area contributed by atoms with E-state index in [9.17, 15) is 9.90 Å². The Morgan fingerprint density at radius 3 is 2.67 bits per heavy atom. The van der Waals surface area contributed by atoms with Gasteiger partial charge < -0.3 is 14.9 Å². The highest BCUT2D eigenvalue weighted by Crippen LogP contribution is 2.25. The summed E-state index contributed by atoms with van der Waals surface area (Å²) < 4.78 is 0. The summed E-state index contributed by atoms with van der Waals surface area (Å²) in [5, 5.41) is 9.31. The van der Waals surface area contributed by atoms with Crippen molar-refractivity contribution in [3.05, 3.63) is 35.4 Å². The first-order valence-corrected chi connectivity index (χ1v) is 6.29. The molecule has 1 aromatic rings. The second-order valence-corrected chi connectivity index (χ2v) is 5.13. The third kappa shape index (κ3) is 2.82. The molecule has 1 aromatic carbocycles. The number of amides is 1. The summed E-state index contributed by atoms with van der Waals surface area (Å²) in [5.74, 6) is 0. The predicted octanol–water partition coefficient (Wildman–Crippen LogP) is 2.04. The highest BCUT2D eigenvalue weighted by atomic mass is 16.4. The van der Waals surface area contributed by atoms with Crippen LogP contribution in [0.4, 0.5) is 4.79 Å². The van der Waals surface area contributed by atoms with E-state index in [1.54, 1.807) is 4.90 Å². The molecule has 4 heteroatoms. The average Bonchev–Trinajstić information content (AvgIpc) is 2.35. The predicted molar refractivity (Wildman–Crippen MR) is 70.7 cm³/mol.